The summed E-state index contributed by atoms with van der Waals surface area (Å²) in [5.41, 5.74) is 2.68. The molecule has 28 heavy (non-hydrogen) atoms. The Morgan fingerprint density at radius 1 is 1.11 bits per heavy atom. The van der Waals surface area contributed by atoms with Gasteiger partial charge in [-0.3, -0.25) is 9.69 Å². The van der Waals surface area contributed by atoms with Gasteiger partial charge in [-0.1, -0.05) is 32.8 Å². The topological polar surface area (TPSA) is 58.4 Å². The second-order valence-corrected chi connectivity index (χ2v) is 8.67. The Bertz CT molecular complexity index is 920. The summed E-state index contributed by atoms with van der Waals surface area (Å²) in [5, 5.41) is 6.90. The van der Waals surface area contributed by atoms with Crippen molar-refractivity contribution < 1.29 is 9.32 Å². The van der Waals surface area contributed by atoms with E-state index in [2.05, 4.69) is 38.5 Å². The molecular weight excluding hydrogens is 438 g/mol. The van der Waals surface area contributed by atoms with Crippen LogP contribution in [0.15, 0.2) is 67.3 Å². The van der Waals surface area contributed by atoms with Crippen LogP contribution in [-0.4, -0.2) is 29.6 Å². The van der Waals surface area contributed by atoms with Gasteiger partial charge in [-0.05, 0) is 69.4 Å². The molecule has 0 atom stereocenters. The Hall–Kier alpha value is -2.09. The maximum atomic E-state index is 12.3. The van der Waals surface area contributed by atoms with Crippen LogP contribution < -0.4 is 5.32 Å². The maximum absolute atomic E-state index is 12.3. The monoisotopic (exact) mass is 459 g/mol. The number of benzene rings is 2. The highest BCUT2D eigenvalue weighted by molar-refractivity contribution is 9.10. The van der Waals surface area contributed by atoms with Gasteiger partial charge in [0, 0.05) is 32.1 Å². The summed E-state index contributed by atoms with van der Waals surface area (Å²) in [5.74, 6) is 0.742. The first-order valence-electron chi connectivity index (χ1n) is 8.84. The average molecular weight is 460 g/mol. The lowest BCUT2D eigenvalue weighted by Crippen LogP contribution is -2.30. The number of aromatic nitrogens is 1. The minimum Gasteiger partial charge on any atom is -0.361 e. The summed E-state index contributed by atoms with van der Waals surface area (Å²) in [6.07, 6.45) is 0. The molecule has 0 aliphatic rings. The van der Waals surface area contributed by atoms with E-state index in [9.17, 15) is 4.79 Å². The SMILES string of the molecule is Cc1noc(C)c1CN(C)CC(=O)Nc1ccc(Sc2ccc(Br)cc2)cc1. The molecule has 0 unspecified atom stereocenters. The molecular formula is C21H22BrN3O2S. The number of anilines is 1. The Morgan fingerprint density at radius 2 is 1.71 bits per heavy atom. The molecule has 1 amide bonds. The van der Waals surface area contributed by atoms with Crippen molar-refractivity contribution in [3.8, 4) is 0 Å². The number of rotatable bonds is 7. The van der Waals surface area contributed by atoms with E-state index in [4.69, 9.17) is 4.52 Å². The zero-order valence-electron chi connectivity index (χ0n) is 16.0. The Labute approximate surface area is 177 Å². The number of likely N-dealkylation sites (N-methyl/N-ethyl adjacent to an activating group) is 1. The molecule has 1 N–H and O–H groups in total. The molecule has 1 aromatic heterocycles. The second-order valence-electron chi connectivity index (χ2n) is 6.60. The van der Waals surface area contributed by atoms with Gasteiger partial charge in [0.15, 0.2) is 0 Å². The molecule has 3 rings (SSSR count). The van der Waals surface area contributed by atoms with Crippen molar-refractivity contribution >= 4 is 39.3 Å². The predicted octanol–water partition coefficient (Wildman–Crippen LogP) is 5.28. The van der Waals surface area contributed by atoms with E-state index in [1.54, 1.807) is 11.8 Å². The van der Waals surface area contributed by atoms with Gasteiger partial charge in [0.2, 0.25) is 5.91 Å². The fourth-order valence-electron chi connectivity index (χ4n) is 2.74. The van der Waals surface area contributed by atoms with Crippen molar-refractivity contribution in [1.82, 2.24) is 10.1 Å². The third-order valence-corrected chi connectivity index (χ3v) is 5.75. The highest BCUT2D eigenvalue weighted by Gasteiger charge is 2.13. The molecule has 0 aliphatic heterocycles. The fraction of sp³-hybridized carbons (Fsp3) is 0.238. The number of carbonyl (C=O) groups is 1. The van der Waals surface area contributed by atoms with E-state index in [1.807, 2.05) is 62.2 Å². The molecule has 0 aliphatic carbocycles. The first-order chi connectivity index (χ1) is 13.4. The van der Waals surface area contributed by atoms with Crippen molar-refractivity contribution in [3.05, 3.63) is 70.0 Å². The molecule has 0 radical (unpaired) electrons. The smallest absolute Gasteiger partial charge is 0.238 e. The lowest BCUT2D eigenvalue weighted by Gasteiger charge is -2.16. The number of carbonyl (C=O) groups excluding carboxylic acids is 1. The summed E-state index contributed by atoms with van der Waals surface area (Å²) in [4.78, 5) is 16.6. The van der Waals surface area contributed by atoms with Crippen molar-refractivity contribution in [3.63, 3.8) is 0 Å². The van der Waals surface area contributed by atoms with Crippen LogP contribution in [-0.2, 0) is 11.3 Å². The molecule has 146 valence electrons. The second kappa shape index (κ2) is 9.41. The molecule has 0 bridgehead atoms. The van der Waals surface area contributed by atoms with Gasteiger partial charge >= 0.3 is 0 Å². The van der Waals surface area contributed by atoms with Crippen molar-refractivity contribution in [1.29, 1.82) is 0 Å². The van der Waals surface area contributed by atoms with Gasteiger partial charge in [-0.15, -0.1) is 0 Å². The largest absolute Gasteiger partial charge is 0.361 e. The van der Waals surface area contributed by atoms with E-state index in [-0.39, 0.29) is 5.91 Å². The molecule has 7 heteroatoms. The van der Waals surface area contributed by atoms with Gasteiger partial charge in [0.05, 0.1) is 12.2 Å². The van der Waals surface area contributed by atoms with Gasteiger partial charge in [0.1, 0.15) is 5.76 Å². The van der Waals surface area contributed by atoms with Crippen LogP contribution in [0, 0.1) is 13.8 Å². The van der Waals surface area contributed by atoms with Crippen molar-refractivity contribution in [2.24, 2.45) is 0 Å². The zero-order valence-corrected chi connectivity index (χ0v) is 18.4. The average Bonchev–Trinajstić information content (AvgIpc) is 2.97. The third-order valence-electron chi connectivity index (χ3n) is 4.21. The van der Waals surface area contributed by atoms with E-state index in [0.717, 1.165) is 32.1 Å². The molecule has 3 aromatic rings. The lowest BCUT2D eigenvalue weighted by atomic mass is 10.2. The quantitative estimate of drug-likeness (QED) is 0.520. The molecule has 0 fully saturated rings. The van der Waals surface area contributed by atoms with E-state index < -0.39 is 0 Å². The summed E-state index contributed by atoms with van der Waals surface area (Å²) < 4.78 is 6.24. The summed E-state index contributed by atoms with van der Waals surface area (Å²) >= 11 is 5.13. The molecule has 2 aromatic carbocycles. The Balaban J connectivity index is 1.51. The minimum absolute atomic E-state index is 0.0532. The van der Waals surface area contributed by atoms with Crippen LogP contribution in [0.4, 0.5) is 5.69 Å². The number of nitrogens with zero attached hydrogens (tertiary/aromatic N) is 2. The van der Waals surface area contributed by atoms with E-state index >= 15 is 0 Å². The third kappa shape index (κ3) is 5.70. The number of aryl methyl sites for hydroxylation is 2. The number of hydrogen-bond acceptors (Lipinski definition) is 5. The number of hydrogen-bond donors (Lipinski definition) is 1. The van der Waals surface area contributed by atoms with Crippen LogP contribution in [0.1, 0.15) is 17.0 Å². The number of amides is 1. The van der Waals surface area contributed by atoms with E-state index in [0.29, 0.717) is 13.1 Å². The van der Waals surface area contributed by atoms with Crippen LogP contribution in [0.25, 0.3) is 0 Å². The number of nitrogens with one attached hydrogen (secondary N) is 1. The number of halogens is 1. The van der Waals surface area contributed by atoms with Crippen LogP contribution in [0.3, 0.4) is 0 Å². The summed E-state index contributed by atoms with van der Waals surface area (Å²) in [6, 6.07) is 16.1. The van der Waals surface area contributed by atoms with E-state index in [1.165, 1.54) is 4.90 Å². The maximum Gasteiger partial charge on any atom is 0.238 e. The molecule has 0 saturated carbocycles. The lowest BCUT2D eigenvalue weighted by molar-refractivity contribution is -0.117. The summed E-state index contributed by atoms with van der Waals surface area (Å²) in [7, 11) is 1.91. The van der Waals surface area contributed by atoms with Gasteiger partial charge in [0.25, 0.3) is 0 Å². The van der Waals surface area contributed by atoms with Gasteiger partial charge in [-0.25, -0.2) is 0 Å². The standard InChI is InChI=1S/C21H22BrN3O2S/c1-14-20(15(2)27-24-14)12-25(3)13-21(26)23-17-6-10-19(11-7-17)28-18-8-4-16(22)5-9-18/h4-11H,12-13H2,1-3H3,(H,23,26). The molecule has 5 nitrogen and oxygen atoms in total. The van der Waals surface area contributed by atoms with Gasteiger partial charge in [-0.2, -0.15) is 0 Å². The van der Waals surface area contributed by atoms with Crippen molar-refractivity contribution in [2.45, 2.75) is 30.2 Å². The first-order valence-corrected chi connectivity index (χ1v) is 10.5. The van der Waals surface area contributed by atoms with Gasteiger partial charge < -0.3 is 9.84 Å². The highest BCUT2D eigenvalue weighted by Crippen LogP contribution is 2.29. The van der Waals surface area contributed by atoms with Crippen LogP contribution >= 0.6 is 27.7 Å². The zero-order chi connectivity index (χ0) is 20.1. The molecule has 0 saturated heterocycles. The molecule has 1 heterocycles. The highest BCUT2D eigenvalue weighted by atomic mass is 79.9. The molecule has 0 spiro atoms. The van der Waals surface area contributed by atoms with Crippen LogP contribution in [0.5, 0.6) is 0 Å². The normalized spacial score (nSPS) is 11.0. The summed E-state index contributed by atoms with van der Waals surface area (Å²) in [6.45, 7) is 4.71. The first kappa shape index (κ1) is 20.6. The fourth-order valence-corrected chi connectivity index (χ4v) is 3.82. The minimum atomic E-state index is -0.0532. The Kier molecular flexibility index (Phi) is 6.93. The van der Waals surface area contributed by atoms with Crippen LogP contribution in [0.2, 0.25) is 0 Å². The van der Waals surface area contributed by atoms with Crippen molar-refractivity contribution in [2.75, 3.05) is 18.9 Å². The predicted molar refractivity (Wildman–Crippen MR) is 116 cm³/mol. The Morgan fingerprint density at radius 3 is 2.29 bits per heavy atom.